The Balaban J connectivity index is 2.54. The zero-order valence-electron chi connectivity index (χ0n) is 11.3. The van der Waals surface area contributed by atoms with E-state index < -0.39 is 10.0 Å². The minimum Gasteiger partial charge on any atom is -0.508 e. The Labute approximate surface area is 132 Å². The zero-order valence-corrected chi connectivity index (χ0v) is 13.7. The standard InChI is InChI=1S/C14H15BrN2O3S/c1-2-17(11-4-3-5-12(18)9-11)21(19,20)14-7-6-10(15)8-13(14)16/h3-9,18H,2,16H2,1H3. The molecule has 2 aromatic rings. The second-order valence-corrected chi connectivity index (χ2v) is 7.12. The quantitative estimate of drug-likeness (QED) is 0.810. The van der Waals surface area contributed by atoms with Gasteiger partial charge in [-0.3, -0.25) is 4.31 Å². The fourth-order valence-corrected chi connectivity index (χ4v) is 3.96. The summed E-state index contributed by atoms with van der Waals surface area (Å²) in [6.07, 6.45) is 0. The summed E-state index contributed by atoms with van der Waals surface area (Å²) in [6, 6.07) is 10.7. The van der Waals surface area contributed by atoms with E-state index in [1.54, 1.807) is 31.2 Å². The van der Waals surface area contributed by atoms with E-state index in [0.717, 1.165) is 0 Å². The number of phenols is 1. The van der Waals surface area contributed by atoms with Crippen molar-refractivity contribution in [2.45, 2.75) is 11.8 Å². The molecular weight excluding hydrogens is 356 g/mol. The van der Waals surface area contributed by atoms with Crippen LogP contribution in [0.15, 0.2) is 51.8 Å². The molecule has 0 fully saturated rings. The summed E-state index contributed by atoms with van der Waals surface area (Å²) in [5, 5.41) is 9.53. The molecule has 2 rings (SSSR count). The molecule has 3 N–H and O–H groups in total. The smallest absolute Gasteiger partial charge is 0.266 e. The molecule has 0 aliphatic rings. The normalized spacial score (nSPS) is 11.3. The van der Waals surface area contributed by atoms with Crippen LogP contribution >= 0.6 is 15.9 Å². The van der Waals surface area contributed by atoms with Crippen LogP contribution in [0.25, 0.3) is 0 Å². The van der Waals surface area contributed by atoms with Gasteiger partial charge in [-0.25, -0.2) is 8.42 Å². The number of anilines is 2. The summed E-state index contributed by atoms with van der Waals surface area (Å²) < 4.78 is 27.4. The Morgan fingerprint density at radius 1 is 1.24 bits per heavy atom. The summed E-state index contributed by atoms with van der Waals surface area (Å²) in [5.74, 6) is 0.00456. The van der Waals surface area contributed by atoms with E-state index in [0.29, 0.717) is 10.2 Å². The predicted octanol–water partition coefficient (Wildman–Crippen LogP) is 2.95. The number of nitrogen functional groups attached to an aromatic ring is 1. The molecule has 7 heteroatoms. The van der Waals surface area contributed by atoms with Crippen LogP contribution in [0.3, 0.4) is 0 Å². The van der Waals surface area contributed by atoms with Crippen LogP contribution in [-0.4, -0.2) is 20.1 Å². The summed E-state index contributed by atoms with van der Waals surface area (Å²) in [6.45, 7) is 1.94. The highest BCUT2D eigenvalue weighted by molar-refractivity contribution is 9.10. The maximum absolute atomic E-state index is 12.8. The van der Waals surface area contributed by atoms with Crippen LogP contribution in [0.2, 0.25) is 0 Å². The minimum absolute atomic E-state index is 0.00456. The van der Waals surface area contributed by atoms with Crippen molar-refractivity contribution in [3.63, 3.8) is 0 Å². The Morgan fingerprint density at radius 3 is 2.52 bits per heavy atom. The molecule has 0 bridgehead atoms. The zero-order chi connectivity index (χ0) is 15.6. The van der Waals surface area contributed by atoms with Gasteiger partial charge in [-0.2, -0.15) is 0 Å². The van der Waals surface area contributed by atoms with Crippen molar-refractivity contribution in [3.05, 3.63) is 46.9 Å². The number of aromatic hydroxyl groups is 1. The first kappa shape index (κ1) is 15.7. The maximum Gasteiger partial charge on any atom is 0.266 e. The summed E-state index contributed by atoms with van der Waals surface area (Å²) in [5.41, 5.74) is 6.38. The average molecular weight is 371 g/mol. The lowest BCUT2D eigenvalue weighted by Crippen LogP contribution is -2.31. The van der Waals surface area contributed by atoms with Gasteiger partial charge in [0.15, 0.2) is 0 Å². The first-order valence-corrected chi connectivity index (χ1v) is 8.46. The van der Waals surface area contributed by atoms with Gasteiger partial charge in [-0.05, 0) is 37.3 Å². The third-order valence-corrected chi connectivity index (χ3v) is 5.41. The number of nitrogens with zero attached hydrogens (tertiary/aromatic N) is 1. The molecule has 0 unspecified atom stereocenters. The second kappa shape index (κ2) is 5.95. The van der Waals surface area contributed by atoms with Crippen molar-refractivity contribution in [2.75, 3.05) is 16.6 Å². The van der Waals surface area contributed by atoms with Crippen molar-refractivity contribution in [1.29, 1.82) is 0 Å². The molecule has 0 radical (unpaired) electrons. The first-order valence-electron chi connectivity index (χ1n) is 6.23. The van der Waals surface area contributed by atoms with Crippen LogP contribution in [0.4, 0.5) is 11.4 Å². The van der Waals surface area contributed by atoms with Gasteiger partial charge in [-0.1, -0.05) is 22.0 Å². The van der Waals surface area contributed by atoms with Gasteiger partial charge in [0.05, 0.1) is 11.4 Å². The molecule has 21 heavy (non-hydrogen) atoms. The molecule has 0 aliphatic carbocycles. The van der Waals surface area contributed by atoms with E-state index in [1.165, 1.54) is 22.5 Å². The van der Waals surface area contributed by atoms with Crippen molar-refractivity contribution >= 4 is 37.3 Å². The van der Waals surface area contributed by atoms with Gasteiger partial charge in [0.2, 0.25) is 0 Å². The van der Waals surface area contributed by atoms with E-state index in [1.807, 2.05) is 0 Å². The molecule has 0 amide bonds. The highest BCUT2D eigenvalue weighted by Crippen LogP contribution is 2.30. The van der Waals surface area contributed by atoms with Gasteiger partial charge in [0.1, 0.15) is 10.6 Å². The summed E-state index contributed by atoms with van der Waals surface area (Å²) in [7, 11) is -3.79. The molecule has 0 heterocycles. The SMILES string of the molecule is CCN(c1cccc(O)c1)S(=O)(=O)c1ccc(Br)cc1N. The van der Waals surface area contributed by atoms with E-state index in [2.05, 4.69) is 15.9 Å². The summed E-state index contributed by atoms with van der Waals surface area (Å²) in [4.78, 5) is 0.0379. The van der Waals surface area contributed by atoms with Gasteiger partial charge in [0, 0.05) is 17.1 Å². The Morgan fingerprint density at radius 2 is 1.95 bits per heavy atom. The third-order valence-electron chi connectivity index (χ3n) is 2.94. The second-order valence-electron chi connectivity index (χ2n) is 4.37. The Kier molecular flexibility index (Phi) is 4.43. The fraction of sp³-hybridized carbons (Fsp3) is 0.143. The molecule has 0 spiro atoms. The Hall–Kier alpha value is -1.73. The van der Waals surface area contributed by atoms with Crippen molar-refractivity contribution in [1.82, 2.24) is 0 Å². The first-order chi connectivity index (χ1) is 9.86. The number of halogens is 1. The van der Waals surface area contributed by atoms with Crippen LogP contribution in [0.5, 0.6) is 5.75 Å². The number of hydrogen-bond donors (Lipinski definition) is 2. The monoisotopic (exact) mass is 370 g/mol. The molecule has 0 atom stereocenters. The maximum atomic E-state index is 12.8. The molecule has 5 nitrogen and oxygen atoms in total. The van der Waals surface area contributed by atoms with Crippen molar-refractivity contribution in [3.8, 4) is 5.75 Å². The van der Waals surface area contributed by atoms with Gasteiger partial charge >= 0.3 is 0 Å². The lowest BCUT2D eigenvalue weighted by atomic mass is 10.3. The molecule has 0 aromatic heterocycles. The summed E-state index contributed by atoms with van der Waals surface area (Å²) >= 11 is 3.25. The number of hydrogen-bond acceptors (Lipinski definition) is 4. The molecule has 112 valence electrons. The van der Waals surface area contributed by atoms with E-state index in [9.17, 15) is 13.5 Å². The Bertz CT molecular complexity index is 763. The average Bonchev–Trinajstić information content (AvgIpc) is 2.38. The van der Waals surface area contributed by atoms with E-state index >= 15 is 0 Å². The van der Waals surface area contributed by atoms with Crippen LogP contribution < -0.4 is 10.0 Å². The number of phenolic OH excluding ortho intramolecular Hbond substituents is 1. The largest absolute Gasteiger partial charge is 0.508 e. The molecule has 0 saturated carbocycles. The number of rotatable bonds is 4. The van der Waals surface area contributed by atoms with E-state index in [-0.39, 0.29) is 22.9 Å². The van der Waals surface area contributed by atoms with Crippen LogP contribution in [0.1, 0.15) is 6.92 Å². The molecular formula is C14H15BrN2O3S. The highest BCUT2D eigenvalue weighted by Gasteiger charge is 2.26. The van der Waals surface area contributed by atoms with E-state index in [4.69, 9.17) is 5.73 Å². The van der Waals surface area contributed by atoms with Gasteiger partial charge in [0.25, 0.3) is 10.0 Å². The lowest BCUT2D eigenvalue weighted by molar-refractivity contribution is 0.475. The van der Waals surface area contributed by atoms with Crippen LogP contribution in [0, 0.1) is 0 Å². The third kappa shape index (κ3) is 3.14. The van der Waals surface area contributed by atoms with Gasteiger partial charge < -0.3 is 10.8 Å². The number of benzene rings is 2. The highest BCUT2D eigenvalue weighted by atomic mass is 79.9. The molecule has 0 aliphatic heterocycles. The number of sulfonamides is 1. The van der Waals surface area contributed by atoms with Crippen molar-refractivity contribution < 1.29 is 13.5 Å². The fourth-order valence-electron chi connectivity index (χ4n) is 2.01. The number of nitrogens with two attached hydrogens (primary N) is 1. The van der Waals surface area contributed by atoms with Gasteiger partial charge in [-0.15, -0.1) is 0 Å². The topological polar surface area (TPSA) is 83.6 Å². The minimum atomic E-state index is -3.79. The van der Waals surface area contributed by atoms with Crippen molar-refractivity contribution in [2.24, 2.45) is 0 Å². The predicted molar refractivity (Wildman–Crippen MR) is 86.9 cm³/mol. The lowest BCUT2D eigenvalue weighted by Gasteiger charge is -2.23. The van der Waals surface area contributed by atoms with Crippen LogP contribution in [-0.2, 0) is 10.0 Å². The molecule has 2 aromatic carbocycles. The molecule has 0 saturated heterocycles.